The SMILES string of the molecule is O=C(NS(=O)(=O)c1ccc2c(c1)NCCC2)c1cc(Cl)c(OCC2CCCC2)cc1F. The maximum atomic E-state index is 14.6. The summed E-state index contributed by atoms with van der Waals surface area (Å²) >= 11 is 6.17. The summed E-state index contributed by atoms with van der Waals surface area (Å²) in [6.07, 6.45) is 6.27. The third-order valence-electron chi connectivity index (χ3n) is 5.77. The second-order valence-electron chi connectivity index (χ2n) is 8.01. The standard InChI is InChI=1S/C22H24ClFN2O4S/c23-18-11-17(19(24)12-21(18)30-13-14-4-1-2-5-14)22(27)26-31(28,29)16-8-7-15-6-3-9-25-20(15)10-16/h7-8,10-12,14,25H,1-6,9,13H2,(H,26,27). The summed E-state index contributed by atoms with van der Waals surface area (Å²) in [6, 6.07) is 6.76. The Kier molecular flexibility index (Phi) is 6.39. The van der Waals surface area contributed by atoms with Gasteiger partial charge in [-0.2, -0.15) is 0 Å². The summed E-state index contributed by atoms with van der Waals surface area (Å²) in [5.41, 5.74) is 1.28. The van der Waals surface area contributed by atoms with Crippen molar-refractivity contribution in [3.8, 4) is 5.75 Å². The number of amides is 1. The van der Waals surface area contributed by atoms with E-state index in [1.807, 2.05) is 4.72 Å². The molecular formula is C22H24ClFN2O4S. The summed E-state index contributed by atoms with van der Waals surface area (Å²) in [5, 5.41) is 3.20. The zero-order valence-electron chi connectivity index (χ0n) is 16.9. The maximum absolute atomic E-state index is 14.6. The topological polar surface area (TPSA) is 84.5 Å². The minimum atomic E-state index is -4.18. The Labute approximate surface area is 186 Å². The zero-order valence-corrected chi connectivity index (χ0v) is 18.5. The number of halogens is 2. The minimum absolute atomic E-state index is 0.0555. The summed E-state index contributed by atoms with van der Waals surface area (Å²) in [7, 11) is -4.18. The van der Waals surface area contributed by atoms with Crippen LogP contribution in [-0.4, -0.2) is 27.5 Å². The van der Waals surface area contributed by atoms with Crippen molar-refractivity contribution in [2.75, 3.05) is 18.5 Å². The molecular weight excluding hydrogens is 443 g/mol. The van der Waals surface area contributed by atoms with Gasteiger partial charge in [-0.15, -0.1) is 0 Å². The molecule has 1 fully saturated rings. The fourth-order valence-electron chi connectivity index (χ4n) is 4.04. The van der Waals surface area contributed by atoms with E-state index in [0.29, 0.717) is 12.5 Å². The molecule has 1 heterocycles. The van der Waals surface area contributed by atoms with E-state index in [2.05, 4.69) is 5.32 Å². The van der Waals surface area contributed by atoms with Gasteiger partial charge in [0.15, 0.2) is 0 Å². The Balaban J connectivity index is 1.49. The molecule has 1 amide bonds. The third kappa shape index (κ3) is 4.96. The average molecular weight is 467 g/mol. The predicted octanol–water partition coefficient (Wildman–Crippen LogP) is 4.52. The van der Waals surface area contributed by atoms with Crippen molar-refractivity contribution in [3.05, 3.63) is 52.3 Å². The van der Waals surface area contributed by atoms with Gasteiger partial charge >= 0.3 is 0 Å². The molecule has 0 atom stereocenters. The summed E-state index contributed by atoms with van der Waals surface area (Å²) in [6.45, 7) is 1.19. The van der Waals surface area contributed by atoms with Crippen LogP contribution in [0, 0.1) is 11.7 Å². The predicted molar refractivity (Wildman–Crippen MR) is 117 cm³/mol. The fraction of sp³-hybridized carbons (Fsp3) is 0.409. The van der Waals surface area contributed by atoms with Crippen LogP contribution in [0.4, 0.5) is 10.1 Å². The Morgan fingerprint density at radius 2 is 1.97 bits per heavy atom. The number of nitrogens with one attached hydrogen (secondary N) is 2. The number of fused-ring (bicyclic) bond motifs is 1. The van der Waals surface area contributed by atoms with E-state index in [1.54, 1.807) is 6.07 Å². The molecule has 2 aromatic rings. The van der Waals surface area contributed by atoms with Crippen LogP contribution in [-0.2, 0) is 16.4 Å². The fourth-order valence-corrected chi connectivity index (χ4v) is 5.25. The molecule has 9 heteroatoms. The quantitative estimate of drug-likeness (QED) is 0.653. The Hall–Kier alpha value is -2.32. The third-order valence-corrected chi connectivity index (χ3v) is 7.40. The maximum Gasteiger partial charge on any atom is 0.268 e. The van der Waals surface area contributed by atoms with Gasteiger partial charge in [-0.25, -0.2) is 17.5 Å². The lowest BCUT2D eigenvalue weighted by atomic mass is 10.0. The van der Waals surface area contributed by atoms with E-state index in [4.69, 9.17) is 16.3 Å². The van der Waals surface area contributed by atoms with Crippen molar-refractivity contribution >= 4 is 33.2 Å². The van der Waals surface area contributed by atoms with Crippen molar-refractivity contribution < 1.29 is 22.3 Å². The van der Waals surface area contributed by atoms with E-state index >= 15 is 0 Å². The van der Waals surface area contributed by atoms with Crippen molar-refractivity contribution in [1.82, 2.24) is 4.72 Å². The molecule has 1 aliphatic carbocycles. The van der Waals surface area contributed by atoms with Gasteiger partial charge in [-0.05, 0) is 55.4 Å². The van der Waals surface area contributed by atoms with Crippen LogP contribution in [0.5, 0.6) is 5.75 Å². The van der Waals surface area contributed by atoms with Gasteiger partial charge in [-0.3, -0.25) is 4.79 Å². The van der Waals surface area contributed by atoms with E-state index in [9.17, 15) is 17.6 Å². The van der Waals surface area contributed by atoms with Gasteiger partial charge in [-0.1, -0.05) is 30.5 Å². The summed E-state index contributed by atoms with van der Waals surface area (Å²) < 4.78 is 47.5. The lowest BCUT2D eigenvalue weighted by molar-refractivity contribution is 0.0977. The zero-order chi connectivity index (χ0) is 22.0. The minimum Gasteiger partial charge on any atom is -0.492 e. The van der Waals surface area contributed by atoms with Crippen molar-refractivity contribution in [1.29, 1.82) is 0 Å². The van der Waals surface area contributed by atoms with E-state index in [-0.39, 0.29) is 15.7 Å². The number of rotatable bonds is 6. The first-order chi connectivity index (χ1) is 14.8. The van der Waals surface area contributed by atoms with Crippen molar-refractivity contribution in [2.45, 2.75) is 43.4 Å². The number of aryl methyl sites for hydroxylation is 1. The number of carbonyl (C=O) groups is 1. The van der Waals surface area contributed by atoms with Crippen LogP contribution in [0.25, 0.3) is 0 Å². The Bertz CT molecular complexity index is 1100. The van der Waals surface area contributed by atoms with Crippen LogP contribution in [0.2, 0.25) is 5.02 Å². The molecule has 6 nitrogen and oxygen atoms in total. The van der Waals surface area contributed by atoms with Crippen LogP contribution < -0.4 is 14.8 Å². The molecule has 1 saturated carbocycles. The molecule has 31 heavy (non-hydrogen) atoms. The highest BCUT2D eigenvalue weighted by Crippen LogP contribution is 2.31. The lowest BCUT2D eigenvalue weighted by Crippen LogP contribution is -2.31. The van der Waals surface area contributed by atoms with E-state index < -0.39 is 27.3 Å². The molecule has 1 aliphatic heterocycles. The Morgan fingerprint density at radius 1 is 1.19 bits per heavy atom. The van der Waals surface area contributed by atoms with E-state index in [1.165, 1.54) is 12.1 Å². The van der Waals surface area contributed by atoms with Crippen molar-refractivity contribution in [3.63, 3.8) is 0 Å². The second kappa shape index (κ2) is 9.04. The molecule has 0 saturated heterocycles. The van der Waals surface area contributed by atoms with Gasteiger partial charge in [0.1, 0.15) is 11.6 Å². The number of hydrogen-bond donors (Lipinski definition) is 2. The Morgan fingerprint density at radius 3 is 2.74 bits per heavy atom. The van der Waals surface area contributed by atoms with Gasteiger partial charge in [0.25, 0.3) is 15.9 Å². The van der Waals surface area contributed by atoms with Gasteiger partial charge in [0.05, 0.1) is 22.1 Å². The second-order valence-corrected chi connectivity index (χ2v) is 10.1. The molecule has 0 radical (unpaired) electrons. The van der Waals surface area contributed by atoms with Crippen LogP contribution in [0.3, 0.4) is 0 Å². The first-order valence-electron chi connectivity index (χ1n) is 10.4. The van der Waals surface area contributed by atoms with Gasteiger partial charge in [0, 0.05) is 18.3 Å². The number of benzene rings is 2. The van der Waals surface area contributed by atoms with Gasteiger partial charge in [0.2, 0.25) is 0 Å². The summed E-state index contributed by atoms with van der Waals surface area (Å²) in [5.74, 6) is -1.43. The molecule has 4 rings (SSSR count). The highest BCUT2D eigenvalue weighted by molar-refractivity contribution is 7.90. The number of hydrogen-bond acceptors (Lipinski definition) is 5. The number of sulfonamides is 1. The number of carbonyl (C=O) groups excluding carboxylic acids is 1. The monoisotopic (exact) mass is 466 g/mol. The smallest absolute Gasteiger partial charge is 0.268 e. The summed E-state index contributed by atoms with van der Waals surface area (Å²) in [4.78, 5) is 12.5. The highest BCUT2D eigenvalue weighted by atomic mass is 35.5. The highest BCUT2D eigenvalue weighted by Gasteiger charge is 2.24. The molecule has 0 bridgehead atoms. The molecule has 2 aliphatic rings. The van der Waals surface area contributed by atoms with E-state index in [0.717, 1.165) is 68.5 Å². The van der Waals surface area contributed by atoms with Crippen LogP contribution >= 0.6 is 11.6 Å². The van der Waals surface area contributed by atoms with Crippen LogP contribution in [0.15, 0.2) is 35.2 Å². The molecule has 0 unspecified atom stereocenters. The molecule has 0 spiro atoms. The molecule has 2 aromatic carbocycles. The van der Waals surface area contributed by atoms with Crippen molar-refractivity contribution in [2.24, 2.45) is 5.92 Å². The van der Waals surface area contributed by atoms with Gasteiger partial charge < -0.3 is 10.1 Å². The van der Waals surface area contributed by atoms with Crippen LogP contribution in [0.1, 0.15) is 48.0 Å². The number of ether oxygens (including phenoxy) is 1. The largest absolute Gasteiger partial charge is 0.492 e. The normalized spacial score (nSPS) is 16.5. The molecule has 0 aromatic heterocycles. The first kappa shape index (κ1) is 21.9. The lowest BCUT2D eigenvalue weighted by Gasteiger charge is -2.19. The molecule has 166 valence electrons. The first-order valence-corrected chi connectivity index (χ1v) is 12.3. The average Bonchev–Trinajstić information content (AvgIpc) is 3.27. The number of anilines is 1. The molecule has 2 N–H and O–H groups in total.